The lowest BCUT2D eigenvalue weighted by Gasteiger charge is -2.35. The molecule has 3 heteroatoms. The van der Waals surface area contributed by atoms with E-state index in [4.69, 9.17) is 5.73 Å². The SMILES string of the molecule is C=CCC(C)NC(=O)C1(CN)CCCCC1. The molecule has 0 spiro atoms. The third-order valence-corrected chi connectivity index (χ3v) is 3.58. The third kappa shape index (κ3) is 3.08. The van der Waals surface area contributed by atoms with Gasteiger partial charge in [0.25, 0.3) is 0 Å². The normalized spacial score (nSPS) is 21.1. The van der Waals surface area contributed by atoms with Gasteiger partial charge in [-0.15, -0.1) is 6.58 Å². The number of rotatable bonds is 5. The Balaban J connectivity index is 2.57. The van der Waals surface area contributed by atoms with E-state index in [0.29, 0.717) is 6.54 Å². The van der Waals surface area contributed by atoms with Crippen LogP contribution >= 0.6 is 0 Å². The van der Waals surface area contributed by atoms with E-state index >= 15 is 0 Å². The lowest BCUT2D eigenvalue weighted by Crippen LogP contribution is -2.49. The van der Waals surface area contributed by atoms with Crippen molar-refractivity contribution in [3.8, 4) is 0 Å². The first-order valence-corrected chi connectivity index (χ1v) is 6.26. The fraction of sp³-hybridized carbons (Fsp3) is 0.769. The number of hydrogen-bond acceptors (Lipinski definition) is 2. The molecular formula is C13H24N2O. The molecule has 1 atom stereocenters. The minimum absolute atomic E-state index is 0.143. The lowest BCUT2D eigenvalue weighted by atomic mass is 9.73. The van der Waals surface area contributed by atoms with E-state index in [9.17, 15) is 4.79 Å². The molecule has 0 bridgehead atoms. The van der Waals surface area contributed by atoms with Crippen LogP contribution in [0.5, 0.6) is 0 Å². The van der Waals surface area contributed by atoms with Crippen molar-refractivity contribution in [2.75, 3.05) is 6.54 Å². The van der Waals surface area contributed by atoms with E-state index in [2.05, 4.69) is 11.9 Å². The minimum Gasteiger partial charge on any atom is -0.353 e. The molecule has 92 valence electrons. The Hall–Kier alpha value is -0.830. The Morgan fingerprint density at radius 2 is 2.12 bits per heavy atom. The van der Waals surface area contributed by atoms with Gasteiger partial charge in [0.1, 0.15) is 0 Å². The van der Waals surface area contributed by atoms with Crippen molar-refractivity contribution in [3.05, 3.63) is 12.7 Å². The average molecular weight is 224 g/mol. The summed E-state index contributed by atoms with van der Waals surface area (Å²) in [4.78, 5) is 12.2. The van der Waals surface area contributed by atoms with E-state index in [-0.39, 0.29) is 17.4 Å². The van der Waals surface area contributed by atoms with Gasteiger partial charge in [-0.3, -0.25) is 4.79 Å². The van der Waals surface area contributed by atoms with Crippen molar-refractivity contribution in [1.29, 1.82) is 0 Å². The molecule has 1 unspecified atom stereocenters. The minimum atomic E-state index is -0.298. The number of carbonyl (C=O) groups is 1. The van der Waals surface area contributed by atoms with E-state index in [1.54, 1.807) is 0 Å². The maximum atomic E-state index is 12.2. The molecule has 0 aromatic carbocycles. The first-order valence-electron chi connectivity index (χ1n) is 6.26. The molecule has 0 aromatic heterocycles. The van der Waals surface area contributed by atoms with Gasteiger partial charge in [0.15, 0.2) is 0 Å². The van der Waals surface area contributed by atoms with E-state index in [1.165, 1.54) is 6.42 Å². The van der Waals surface area contributed by atoms with Crippen LogP contribution in [0.4, 0.5) is 0 Å². The number of nitrogens with two attached hydrogens (primary N) is 1. The molecule has 1 aliphatic rings. The zero-order chi connectivity index (χ0) is 12.0. The van der Waals surface area contributed by atoms with Gasteiger partial charge >= 0.3 is 0 Å². The van der Waals surface area contributed by atoms with Crippen molar-refractivity contribution < 1.29 is 4.79 Å². The van der Waals surface area contributed by atoms with Crippen LogP contribution in [0, 0.1) is 5.41 Å². The molecule has 1 rings (SSSR count). The zero-order valence-electron chi connectivity index (χ0n) is 10.3. The summed E-state index contributed by atoms with van der Waals surface area (Å²) in [7, 11) is 0. The molecule has 1 saturated carbocycles. The van der Waals surface area contributed by atoms with E-state index < -0.39 is 0 Å². The lowest BCUT2D eigenvalue weighted by molar-refractivity contribution is -0.133. The summed E-state index contributed by atoms with van der Waals surface area (Å²) in [5.74, 6) is 0.143. The molecule has 0 radical (unpaired) electrons. The monoisotopic (exact) mass is 224 g/mol. The Labute approximate surface area is 98.5 Å². The van der Waals surface area contributed by atoms with Gasteiger partial charge in [-0.05, 0) is 26.2 Å². The fourth-order valence-corrected chi connectivity index (χ4v) is 2.44. The topological polar surface area (TPSA) is 55.1 Å². The van der Waals surface area contributed by atoms with Gasteiger partial charge in [0, 0.05) is 12.6 Å². The Bertz CT molecular complexity index is 244. The molecule has 3 N–H and O–H groups in total. The molecule has 0 aromatic rings. The van der Waals surface area contributed by atoms with Crippen LogP contribution in [0.1, 0.15) is 45.4 Å². The second kappa shape index (κ2) is 6.04. The second-order valence-corrected chi connectivity index (χ2v) is 4.94. The van der Waals surface area contributed by atoms with Crippen molar-refractivity contribution in [2.45, 2.75) is 51.5 Å². The molecule has 0 aliphatic heterocycles. The number of carbonyl (C=O) groups excluding carboxylic acids is 1. The maximum absolute atomic E-state index is 12.2. The van der Waals surface area contributed by atoms with Gasteiger partial charge in [0.05, 0.1) is 5.41 Å². The summed E-state index contributed by atoms with van der Waals surface area (Å²) < 4.78 is 0. The zero-order valence-corrected chi connectivity index (χ0v) is 10.3. The first-order chi connectivity index (χ1) is 7.64. The van der Waals surface area contributed by atoms with Crippen LogP contribution in [0.2, 0.25) is 0 Å². The molecule has 0 saturated heterocycles. The Morgan fingerprint density at radius 3 is 2.62 bits per heavy atom. The van der Waals surface area contributed by atoms with Gasteiger partial charge in [-0.2, -0.15) is 0 Å². The smallest absolute Gasteiger partial charge is 0.227 e. The maximum Gasteiger partial charge on any atom is 0.227 e. The summed E-state index contributed by atoms with van der Waals surface area (Å²) in [6.45, 7) is 6.16. The van der Waals surface area contributed by atoms with Gasteiger partial charge in [0.2, 0.25) is 5.91 Å². The average Bonchev–Trinajstić information content (AvgIpc) is 2.30. The van der Waals surface area contributed by atoms with Gasteiger partial charge < -0.3 is 11.1 Å². The predicted octanol–water partition coefficient (Wildman–Crippen LogP) is 1.98. The summed E-state index contributed by atoms with van der Waals surface area (Å²) in [5, 5.41) is 3.05. The Kier molecular flexibility index (Phi) is 5.00. The molecule has 1 amide bonds. The Morgan fingerprint density at radius 1 is 1.50 bits per heavy atom. The van der Waals surface area contributed by atoms with Crippen LogP contribution in [-0.4, -0.2) is 18.5 Å². The largest absolute Gasteiger partial charge is 0.353 e. The fourth-order valence-electron chi connectivity index (χ4n) is 2.44. The van der Waals surface area contributed by atoms with Crippen molar-refractivity contribution in [2.24, 2.45) is 11.1 Å². The van der Waals surface area contributed by atoms with Crippen LogP contribution < -0.4 is 11.1 Å². The molecule has 16 heavy (non-hydrogen) atoms. The van der Waals surface area contributed by atoms with Crippen LogP contribution in [0.3, 0.4) is 0 Å². The molecule has 0 heterocycles. The van der Waals surface area contributed by atoms with Crippen LogP contribution in [0.15, 0.2) is 12.7 Å². The molecule has 1 aliphatic carbocycles. The highest BCUT2D eigenvalue weighted by molar-refractivity contribution is 5.83. The summed E-state index contributed by atoms with van der Waals surface area (Å²) in [5.41, 5.74) is 5.51. The van der Waals surface area contributed by atoms with Crippen LogP contribution in [0.25, 0.3) is 0 Å². The number of amides is 1. The third-order valence-electron chi connectivity index (χ3n) is 3.58. The molecular weight excluding hydrogens is 200 g/mol. The highest BCUT2D eigenvalue weighted by atomic mass is 16.2. The predicted molar refractivity (Wildman–Crippen MR) is 67.0 cm³/mol. The van der Waals surface area contributed by atoms with Gasteiger partial charge in [-0.1, -0.05) is 25.3 Å². The van der Waals surface area contributed by atoms with E-state index in [1.807, 2.05) is 13.0 Å². The highest BCUT2D eigenvalue weighted by Gasteiger charge is 2.38. The van der Waals surface area contributed by atoms with Gasteiger partial charge in [-0.25, -0.2) is 0 Å². The van der Waals surface area contributed by atoms with Crippen molar-refractivity contribution >= 4 is 5.91 Å². The standard InChI is InChI=1S/C13H24N2O/c1-3-7-11(2)15-12(16)13(10-14)8-5-4-6-9-13/h3,11H,1,4-10,14H2,2H3,(H,15,16). The number of nitrogens with one attached hydrogen (secondary N) is 1. The van der Waals surface area contributed by atoms with E-state index in [0.717, 1.165) is 32.1 Å². The molecule has 1 fully saturated rings. The van der Waals surface area contributed by atoms with Crippen LogP contribution in [-0.2, 0) is 4.79 Å². The van der Waals surface area contributed by atoms with Crippen molar-refractivity contribution in [1.82, 2.24) is 5.32 Å². The summed E-state index contributed by atoms with van der Waals surface area (Å²) in [6, 6.07) is 0.162. The second-order valence-electron chi connectivity index (χ2n) is 4.94. The van der Waals surface area contributed by atoms with Crippen molar-refractivity contribution in [3.63, 3.8) is 0 Å². The summed E-state index contributed by atoms with van der Waals surface area (Å²) in [6.07, 6.45) is 8.01. The molecule has 3 nitrogen and oxygen atoms in total. The quantitative estimate of drug-likeness (QED) is 0.702. The summed E-state index contributed by atoms with van der Waals surface area (Å²) >= 11 is 0. The first kappa shape index (κ1) is 13.2. The highest BCUT2D eigenvalue weighted by Crippen LogP contribution is 2.35. The number of hydrogen-bond donors (Lipinski definition) is 2.